The number of urea groups is 1. The zero-order chi connectivity index (χ0) is 21.5. The summed E-state index contributed by atoms with van der Waals surface area (Å²) in [5.41, 5.74) is 1.81. The monoisotopic (exact) mass is 414 g/mol. The molecule has 3 amide bonds. The van der Waals surface area contributed by atoms with Crippen LogP contribution in [0.2, 0.25) is 0 Å². The van der Waals surface area contributed by atoms with Gasteiger partial charge in [-0.15, -0.1) is 0 Å². The van der Waals surface area contributed by atoms with Crippen LogP contribution in [0.5, 0.6) is 0 Å². The van der Waals surface area contributed by atoms with Gasteiger partial charge in [0.05, 0.1) is 24.1 Å². The molecule has 0 bridgehead atoms. The Labute approximate surface area is 177 Å². The van der Waals surface area contributed by atoms with Gasteiger partial charge in [0.1, 0.15) is 0 Å². The molecule has 0 radical (unpaired) electrons. The van der Waals surface area contributed by atoms with Crippen molar-refractivity contribution in [2.24, 2.45) is 5.92 Å². The van der Waals surface area contributed by atoms with Gasteiger partial charge in [0.25, 0.3) is 0 Å². The average Bonchev–Trinajstić information content (AvgIpc) is 2.74. The maximum absolute atomic E-state index is 12.7. The van der Waals surface area contributed by atoms with E-state index in [1.54, 1.807) is 6.92 Å². The number of nitrogens with zero attached hydrogens (tertiary/aromatic N) is 1. The molecule has 0 aliphatic carbocycles. The number of carbonyl (C=O) groups excluding carboxylic acids is 3. The van der Waals surface area contributed by atoms with Gasteiger partial charge in [-0.1, -0.05) is 25.1 Å². The molecule has 2 atom stereocenters. The molecule has 1 fully saturated rings. The van der Waals surface area contributed by atoms with Crippen LogP contribution in [0.1, 0.15) is 33.1 Å². The summed E-state index contributed by atoms with van der Waals surface area (Å²) >= 11 is 0. The first-order valence-corrected chi connectivity index (χ1v) is 10.6. The molecule has 30 heavy (non-hydrogen) atoms. The summed E-state index contributed by atoms with van der Waals surface area (Å²) in [6, 6.07) is 8.71. The fourth-order valence-corrected chi connectivity index (χ4v) is 3.99. The maximum Gasteiger partial charge on any atom is 0.337 e. The van der Waals surface area contributed by atoms with Crippen molar-refractivity contribution in [3.63, 3.8) is 0 Å². The first-order valence-electron chi connectivity index (χ1n) is 10.6. The van der Waals surface area contributed by atoms with Crippen LogP contribution in [0.3, 0.4) is 0 Å². The molecule has 8 heteroatoms. The number of nitrogens with one attached hydrogen (secondary N) is 3. The zero-order valence-corrected chi connectivity index (χ0v) is 17.6. The fraction of sp³-hybridized carbons (Fsp3) is 0.500. The summed E-state index contributed by atoms with van der Waals surface area (Å²) in [6.45, 7) is 5.71. The first-order chi connectivity index (χ1) is 14.5. The fourth-order valence-electron chi connectivity index (χ4n) is 3.99. The summed E-state index contributed by atoms with van der Waals surface area (Å²) in [5.74, 6) is -0.571. The van der Waals surface area contributed by atoms with E-state index in [1.807, 2.05) is 37.3 Å². The van der Waals surface area contributed by atoms with Crippen LogP contribution >= 0.6 is 0 Å². The number of benzene rings is 1. The second kappa shape index (κ2) is 10.2. The van der Waals surface area contributed by atoms with Crippen LogP contribution in [-0.2, 0) is 14.3 Å². The van der Waals surface area contributed by atoms with Crippen LogP contribution in [0.4, 0.5) is 10.5 Å². The van der Waals surface area contributed by atoms with Crippen LogP contribution in [0.15, 0.2) is 41.6 Å². The van der Waals surface area contributed by atoms with Gasteiger partial charge in [0.2, 0.25) is 5.91 Å². The smallest absolute Gasteiger partial charge is 0.337 e. The highest BCUT2D eigenvalue weighted by Gasteiger charge is 2.33. The van der Waals surface area contributed by atoms with E-state index >= 15 is 0 Å². The third-order valence-electron chi connectivity index (χ3n) is 5.45. The van der Waals surface area contributed by atoms with Crippen LogP contribution < -0.4 is 16.0 Å². The van der Waals surface area contributed by atoms with Crippen LogP contribution in [-0.4, -0.2) is 55.1 Å². The molecule has 162 valence electrons. The second-order valence-corrected chi connectivity index (χ2v) is 7.60. The second-order valence-electron chi connectivity index (χ2n) is 7.60. The third kappa shape index (κ3) is 5.38. The van der Waals surface area contributed by atoms with Crippen LogP contribution in [0, 0.1) is 5.92 Å². The van der Waals surface area contributed by atoms with Gasteiger partial charge in [-0.05, 0) is 44.9 Å². The zero-order valence-electron chi connectivity index (χ0n) is 17.6. The molecule has 0 spiro atoms. The first kappa shape index (κ1) is 21.8. The standard InChI is InChI=1S/C22H30N4O4/c1-3-17-19(21(28)30-4-2)18(25-22(29)24-17)14-26-12-8-9-15(13-26)20(27)23-16-10-6-5-7-11-16/h5-7,10-11,15,17H,3-4,8-9,12-14H2,1-2H3,(H,23,27)(H2,24,25,29)/t15-,17-/m1/s1. The molecule has 2 aliphatic rings. The minimum Gasteiger partial charge on any atom is -0.463 e. The summed E-state index contributed by atoms with van der Waals surface area (Å²) in [5, 5.41) is 8.54. The number of hydrogen-bond donors (Lipinski definition) is 3. The summed E-state index contributed by atoms with van der Waals surface area (Å²) in [7, 11) is 0. The number of likely N-dealkylation sites (tertiary alicyclic amines) is 1. The number of anilines is 1. The molecule has 2 heterocycles. The molecule has 0 saturated carbocycles. The quantitative estimate of drug-likeness (QED) is 0.594. The molecule has 3 N–H and O–H groups in total. The Morgan fingerprint density at radius 1 is 1.23 bits per heavy atom. The van der Waals surface area contributed by atoms with Gasteiger partial charge < -0.3 is 20.7 Å². The number of carbonyl (C=O) groups is 3. The summed E-state index contributed by atoms with van der Waals surface area (Å²) < 4.78 is 5.22. The molecule has 1 saturated heterocycles. The molecule has 8 nitrogen and oxygen atoms in total. The molecule has 1 aromatic rings. The van der Waals surface area contributed by atoms with Crippen molar-refractivity contribution in [1.29, 1.82) is 0 Å². The number of rotatable bonds is 7. The highest BCUT2D eigenvalue weighted by Crippen LogP contribution is 2.22. The maximum atomic E-state index is 12.7. The van der Waals surface area contributed by atoms with Crippen molar-refractivity contribution >= 4 is 23.6 Å². The lowest BCUT2D eigenvalue weighted by atomic mass is 9.95. The molecule has 3 rings (SSSR count). The van der Waals surface area contributed by atoms with Gasteiger partial charge in [-0.3, -0.25) is 9.69 Å². The Morgan fingerprint density at radius 3 is 2.70 bits per heavy atom. The lowest BCUT2D eigenvalue weighted by molar-refractivity contribution is -0.139. The van der Waals surface area contributed by atoms with E-state index in [1.165, 1.54) is 0 Å². The molecule has 1 aromatic carbocycles. The predicted octanol–water partition coefficient (Wildman–Crippen LogP) is 2.25. The Balaban J connectivity index is 1.71. The van der Waals surface area contributed by atoms with Crippen molar-refractivity contribution < 1.29 is 19.1 Å². The molecule has 0 aromatic heterocycles. The van der Waals surface area contributed by atoms with E-state index in [9.17, 15) is 14.4 Å². The van der Waals surface area contributed by atoms with E-state index in [2.05, 4.69) is 20.9 Å². The van der Waals surface area contributed by atoms with Crippen molar-refractivity contribution in [2.45, 2.75) is 39.2 Å². The number of piperidine rings is 1. The Bertz CT molecular complexity index is 809. The van der Waals surface area contributed by atoms with Gasteiger partial charge in [-0.2, -0.15) is 0 Å². The Hall–Kier alpha value is -2.87. The molecular formula is C22H30N4O4. The highest BCUT2D eigenvalue weighted by molar-refractivity contribution is 5.95. The highest BCUT2D eigenvalue weighted by atomic mass is 16.5. The third-order valence-corrected chi connectivity index (χ3v) is 5.45. The SMILES string of the molecule is CCOC(=O)C1=C(CN2CCC[C@@H](C(=O)Nc3ccccc3)C2)NC(=O)N[C@@H]1CC. The average molecular weight is 415 g/mol. The van der Waals surface area contributed by atoms with E-state index in [4.69, 9.17) is 4.74 Å². The van der Waals surface area contributed by atoms with Crippen molar-refractivity contribution in [1.82, 2.24) is 15.5 Å². The number of hydrogen-bond acceptors (Lipinski definition) is 5. The number of para-hydroxylation sites is 1. The van der Waals surface area contributed by atoms with E-state index in [-0.39, 0.29) is 30.5 Å². The predicted molar refractivity (Wildman–Crippen MR) is 114 cm³/mol. The summed E-state index contributed by atoms with van der Waals surface area (Å²) in [6.07, 6.45) is 2.27. The normalized spacial score (nSPS) is 22.1. The lowest BCUT2D eigenvalue weighted by Gasteiger charge is -2.35. The van der Waals surface area contributed by atoms with Crippen LogP contribution in [0.25, 0.3) is 0 Å². The molecule has 2 aliphatic heterocycles. The largest absolute Gasteiger partial charge is 0.463 e. The molecular weight excluding hydrogens is 384 g/mol. The van der Waals surface area contributed by atoms with E-state index < -0.39 is 5.97 Å². The number of amides is 3. The Kier molecular flexibility index (Phi) is 7.46. The minimum absolute atomic E-state index is 0.00808. The summed E-state index contributed by atoms with van der Waals surface area (Å²) in [4.78, 5) is 39.5. The van der Waals surface area contributed by atoms with Gasteiger partial charge in [0, 0.05) is 24.5 Å². The number of ether oxygens (including phenoxy) is 1. The van der Waals surface area contributed by atoms with Crippen molar-refractivity contribution in [2.75, 3.05) is 31.6 Å². The molecule has 0 unspecified atom stereocenters. The lowest BCUT2D eigenvalue weighted by Crippen LogP contribution is -2.53. The van der Waals surface area contributed by atoms with Gasteiger partial charge in [-0.25, -0.2) is 9.59 Å². The Morgan fingerprint density at radius 2 is 2.00 bits per heavy atom. The van der Waals surface area contributed by atoms with Crippen molar-refractivity contribution in [3.8, 4) is 0 Å². The number of esters is 1. The van der Waals surface area contributed by atoms with Gasteiger partial charge >= 0.3 is 12.0 Å². The van der Waals surface area contributed by atoms with E-state index in [0.29, 0.717) is 30.8 Å². The topological polar surface area (TPSA) is 99.8 Å². The van der Waals surface area contributed by atoms with Crippen molar-refractivity contribution in [3.05, 3.63) is 41.6 Å². The minimum atomic E-state index is -0.415. The van der Waals surface area contributed by atoms with Gasteiger partial charge in [0.15, 0.2) is 0 Å². The van der Waals surface area contributed by atoms with E-state index in [0.717, 1.165) is 25.1 Å².